The smallest absolute Gasteiger partial charge is 0.307 e. The Balaban J connectivity index is 1.74. The van der Waals surface area contributed by atoms with Crippen LogP contribution in [0.3, 0.4) is 0 Å². The molecule has 0 radical (unpaired) electrons. The summed E-state index contributed by atoms with van der Waals surface area (Å²) in [5.41, 5.74) is 0. The maximum absolute atomic E-state index is 11.6. The number of aromatic nitrogens is 2. The highest BCUT2D eigenvalue weighted by atomic mass is 32.2. The number of nitrogens with zero attached hydrogens (tertiary/aromatic N) is 2. The fraction of sp³-hybridized carbons (Fsp3) is 0.692. The average molecular weight is 345 g/mol. The molecule has 0 atom stereocenters. The van der Waals surface area contributed by atoms with Crippen molar-refractivity contribution < 1.29 is 28.3 Å². The molecule has 23 heavy (non-hydrogen) atoms. The maximum atomic E-state index is 11.6. The first-order valence-electron chi connectivity index (χ1n) is 7.30. The second-order valence-corrected chi connectivity index (χ2v) is 5.89. The van der Waals surface area contributed by atoms with Crippen molar-refractivity contribution in [3.05, 3.63) is 5.89 Å². The van der Waals surface area contributed by atoms with E-state index in [1.807, 2.05) is 0 Å². The summed E-state index contributed by atoms with van der Waals surface area (Å²) in [6.45, 7) is 0. The number of aliphatic carboxylic acids is 1. The molecule has 10 heteroatoms. The lowest BCUT2D eigenvalue weighted by atomic mass is 9.86. The third kappa shape index (κ3) is 5.81. The summed E-state index contributed by atoms with van der Waals surface area (Å²) >= 11 is 0.855. The molecule has 1 aliphatic rings. The molecule has 0 aliphatic heterocycles. The van der Waals surface area contributed by atoms with E-state index < -0.39 is 5.97 Å². The Morgan fingerprint density at radius 1 is 1.30 bits per heavy atom. The van der Waals surface area contributed by atoms with Gasteiger partial charge in [0.2, 0.25) is 11.8 Å². The van der Waals surface area contributed by atoms with Crippen LogP contribution < -0.4 is 5.32 Å². The maximum Gasteiger partial charge on any atom is 0.307 e. The van der Waals surface area contributed by atoms with Crippen LogP contribution in [-0.2, 0) is 18.8 Å². The van der Waals surface area contributed by atoms with Gasteiger partial charge < -0.3 is 14.8 Å². The molecule has 0 unspecified atom stereocenters. The van der Waals surface area contributed by atoms with Crippen molar-refractivity contribution in [1.29, 1.82) is 0 Å². The number of nitrogens with one attached hydrogen (secondary N) is 1. The van der Waals surface area contributed by atoms with Crippen molar-refractivity contribution in [2.75, 3.05) is 7.11 Å². The highest BCUT2D eigenvalue weighted by molar-refractivity contribution is 7.94. The average Bonchev–Trinajstić information content (AvgIpc) is 3.00. The molecule has 0 saturated heterocycles. The molecule has 0 bridgehead atoms. The van der Waals surface area contributed by atoms with E-state index in [1.54, 1.807) is 0 Å². The Labute approximate surface area is 137 Å². The van der Waals surface area contributed by atoms with Crippen LogP contribution in [0.25, 0.3) is 0 Å². The van der Waals surface area contributed by atoms with Gasteiger partial charge in [-0.05, 0) is 25.7 Å². The fourth-order valence-electron chi connectivity index (χ4n) is 2.49. The van der Waals surface area contributed by atoms with Crippen molar-refractivity contribution in [3.8, 4) is 0 Å². The number of amides is 1. The summed E-state index contributed by atoms with van der Waals surface area (Å²) in [4.78, 5) is 26.5. The van der Waals surface area contributed by atoms with Gasteiger partial charge in [-0.3, -0.25) is 9.59 Å². The topological polar surface area (TPSA) is 124 Å². The zero-order valence-corrected chi connectivity index (χ0v) is 13.5. The molecule has 0 aromatic carbocycles. The Bertz CT molecular complexity index is 530. The van der Waals surface area contributed by atoms with Crippen LogP contribution in [0, 0.1) is 0 Å². The zero-order chi connectivity index (χ0) is 16.7. The Morgan fingerprint density at radius 3 is 2.70 bits per heavy atom. The predicted molar refractivity (Wildman–Crippen MR) is 78.3 cm³/mol. The lowest BCUT2D eigenvalue weighted by Gasteiger charge is -2.27. The fourth-order valence-corrected chi connectivity index (χ4v) is 2.81. The van der Waals surface area contributed by atoms with Crippen LogP contribution in [-0.4, -0.2) is 40.3 Å². The van der Waals surface area contributed by atoms with Gasteiger partial charge in [0.25, 0.3) is 0 Å². The van der Waals surface area contributed by atoms with Gasteiger partial charge in [0, 0.05) is 18.4 Å². The van der Waals surface area contributed by atoms with Crippen molar-refractivity contribution in [1.82, 2.24) is 15.5 Å². The number of hydrogen-bond acceptors (Lipinski definition) is 8. The van der Waals surface area contributed by atoms with Gasteiger partial charge in [-0.25, -0.2) is 4.89 Å². The number of hydrogen-bond donors (Lipinski definition) is 2. The minimum Gasteiger partial charge on any atom is -0.481 e. The van der Waals surface area contributed by atoms with Crippen LogP contribution in [0.5, 0.6) is 0 Å². The Morgan fingerprint density at radius 2 is 2.04 bits per heavy atom. The third-order valence-corrected chi connectivity index (χ3v) is 4.11. The largest absolute Gasteiger partial charge is 0.481 e. The quantitative estimate of drug-likeness (QED) is 0.411. The summed E-state index contributed by atoms with van der Waals surface area (Å²) < 4.78 is 10.1. The highest BCUT2D eigenvalue weighted by Crippen LogP contribution is 2.33. The minimum absolute atomic E-state index is 0.0129. The Hall–Kier alpha value is -1.65. The summed E-state index contributed by atoms with van der Waals surface area (Å²) in [6.07, 6.45) is 3.10. The van der Waals surface area contributed by atoms with Crippen LogP contribution in [0.1, 0.15) is 50.3 Å². The van der Waals surface area contributed by atoms with E-state index in [0.717, 1.165) is 37.7 Å². The first kappa shape index (κ1) is 17.7. The number of carboxylic acids is 1. The first-order chi connectivity index (χ1) is 11.1. The number of carboxylic acid groups (broad SMARTS) is 1. The normalized spacial score (nSPS) is 21.1. The summed E-state index contributed by atoms with van der Waals surface area (Å²) in [5.74, 6) is -0.468. The van der Waals surface area contributed by atoms with Crippen molar-refractivity contribution in [2.45, 2.75) is 55.7 Å². The van der Waals surface area contributed by atoms with Crippen LogP contribution in [0.15, 0.2) is 9.64 Å². The van der Waals surface area contributed by atoms with E-state index in [4.69, 9.17) is 9.52 Å². The molecule has 2 rings (SSSR count). The molecule has 0 spiro atoms. The molecule has 1 fully saturated rings. The van der Waals surface area contributed by atoms with E-state index in [1.165, 1.54) is 7.11 Å². The van der Waals surface area contributed by atoms with E-state index in [-0.39, 0.29) is 35.9 Å². The molecule has 1 aromatic heterocycles. The van der Waals surface area contributed by atoms with Gasteiger partial charge in [-0.15, -0.1) is 5.10 Å². The first-order valence-corrected chi connectivity index (χ1v) is 8.04. The zero-order valence-electron chi connectivity index (χ0n) is 12.7. The van der Waals surface area contributed by atoms with Crippen molar-refractivity contribution >= 4 is 23.9 Å². The standard InChI is InChI=1S/C13H19N3O6S/c1-20-22-23-13-16-15-12(21-13)8-2-4-9(5-3-8)14-10(17)6-7-11(18)19/h8-9H,2-7H2,1H3,(H,14,17)(H,18,19). The molecule has 2 N–H and O–H groups in total. The lowest BCUT2D eigenvalue weighted by molar-refractivity contribution is -0.161. The summed E-state index contributed by atoms with van der Waals surface area (Å²) in [7, 11) is 1.39. The number of carbonyl (C=O) groups is 2. The molecule has 9 nitrogen and oxygen atoms in total. The minimum atomic E-state index is -0.966. The van der Waals surface area contributed by atoms with E-state index in [0.29, 0.717) is 5.89 Å². The van der Waals surface area contributed by atoms with Gasteiger partial charge in [0.1, 0.15) is 12.0 Å². The lowest BCUT2D eigenvalue weighted by Crippen LogP contribution is -2.37. The summed E-state index contributed by atoms with van der Waals surface area (Å²) in [6, 6.07) is 0.0705. The molecule has 1 saturated carbocycles. The molecular weight excluding hydrogens is 326 g/mol. The molecule has 1 aromatic rings. The van der Waals surface area contributed by atoms with Crippen LogP contribution >= 0.6 is 12.0 Å². The number of carbonyl (C=O) groups excluding carboxylic acids is 1. The molecule has 1 amide bonds. The van der Waals surface area contributed by atoms with Gasteiger partial charge in [-0.2, -0.15) is 4.33 Å². The van der Waals surface area contributed by atoms with Crippen molar-refractivity contribution in [2.24, 2.45) is 0 Å². The van der Waals surface area contributed by atoms with E-state index in [2.05, 4.69) is 24.7 Å². The van der Waals surface area contributed by atoms with Crippen LogP contribution in [0.2, 0.25) is 0 Å². The number of rotatable bonds is 8. The van der Waals surface area contributed by atoms with Gasteiger partial charge in [0.05, 0.1) is 13.5 Å². The van der Waals surface area contributed by atoms with Gasteiger partial charge >= 0.3 is 11.2 Å². The van der Waals surface area contributed by atoms with Crippen molar-refractivity contribution in [3.63, 3.8) is 0 Å². The SMILES string of the molecule is COOSc1nnc(C2CCC(NC(=O)CCC(=O)O)CC2)o1. The van der Waals surface area contributed by atoms with Gasteiger partial charge in [-0.1, -0.05) is 5.10 Å². The Kier molecular flexibility index (Phi) is 6.81. The van der Waals surface area contributed by atoms with E-state index >= 15 is 0 Å². The summed E-state index contributed by atoms with van der Waals surface area (Å²) in [5, 5.41) is 19.6. The second-order valence-electron chi connectivity index (χ2n) is 5.23. The van der Waals surface area contributed by atoms with Crippen LogP contribution in [0.4, 0.5) is 0 Å². The molecule has 128 valence electrons. The second kappa shape index (κ2) is 8.85. The monoisotopic (exact) mass is 345 g/mol. The molecule has 1 heterocycles. The molecule has 1 aliphatic carbocycles. The third-order valence-electron chi connectivity index (χ3n) is 3.60. The van der Waals surface area contributed by atoms with E-state index in [9.17, 15) is 9.59 Å². The van der Waals surface area contributed by atoms with Gasteiger partial charge in [0.15, 0.2) is 0 Å². The molecular formula is C13H19N3O6S. The predicted octanol–water partition coefficient (Wildman–Crippen LogP) is 1.66. The highest BCUT2D eigenvalue weighted by Gasteiger charge is 2.27.